The number of aromatic nitrogens is 5. The first kappa shape index (κ1) is 14.8. The number of nitrogens with zero attached hydrogens (tertiary/aromatic N) is 5. The van der Waals surface area contributed by atoms with Crippen molar-refractivity contribution in [1.82, 2.24) is 30.2 Å². The number of pyridine rings is 1. The number of nitrogens with one attached hydrogen (secondary N) is 1. The number of hydrogen-bond donors (Lipinski definition) is 1. The van der Waals surface area contributed by atoms with Gasteiger partial charge in [-0.2, -0.15) is 10.1 Å². The summed E-state index contributed by atoms with van der Waals surface area (Å²) in [5.74, 6) is 2.60. The van der Waals surface area contributed by atoms with Gasteiger partial charge in [-0.25, -0.2) is 0 Å². The summed E-state index contributed by atoms with van der Waals surface area (Å²) in [5.41, 5.74) is 3.31. The van der Waals surface area contributed by atoms with E-state index in [0.717, 1.165) is 49.0 Å². The molecule has 1 aliphatic carbocycles. The van der Waals surface area contributed by atoms with Gasteiger partial charge in [-0.1, -0.05) is 5.16 Å². The van der Waals surface area contributed by atoms with E-state index < -0.39 is 0 Å². The molecule has 25 heavy (non-hydrogen) atoms. The third kappa shape index (κ3) is 2.95. The highest BCUT2D eigenvalue weighted by molar-refractivity contribution is 5.61. The fraction of sp³-hybridized carbons (Fsp3) is 0.444. The molecule has 1 atom stereocenters. The van der Waals surface area contributed by atoms with Crippen LogP contribution in [0.1, 0.15) is 48.4 Å². The van der Waals surface area contributed by atoms with Crippen LogP contribution in [0.25, 0.3) is 11.3 Å². The van der Waals surface area contributed by atoms with Crippen LogP contribution in [-0.2, 0) is 6.54 Å². The van der Waals surface area contributed by atoms with E-state index in [2.05, 4.69) is 36.3 Å². The lowest BCUT2D eigenvalue weighted by molar-refractivity contribution is 0.309. The maximum absolute atomic E-state index is 5.51. The van der Waals surface area contributed by atoms with Crippen molar-refractivity contribution in [3.05, 3.63) is 48.0 Å². The monoisotopic (exact) mass is 336 g/mol. The molecule has 3 aromatic heterocycles. The molecule has 0 spiro atoms. The highest BCUT2D eigenvalue weighted by atomic mass is 16.5. The summed E-state index contributed by atoms with van der Waals surface area (Å²) >= 11 is 0. The zero-order valence-corrected chi connectivity index (χ0v) is 13.9. The van der Waals surface area contributed by atoms with Crippen molar-refractivity contribution < 1.29 is 4.52 Å². The molecule has 0 amide bonds. The standard InChI is InChI=1S/C18H20N6O/c1-2-13(8-19-6-1)16-15(9-20-22-16)11-24-7-5-14(10-24)18-21-17(23-25-18)12-3-4-12/h1-2,6,8-9,12,14H,3-5,7,10-11H2,(H,20,22)/t14-/m1/s1. The SMILES string of the molecule is c1cncc(-c2[nH]ncc2CN2CC[C@@H](c3nc(C4CC4)no3)C2)c1. The van der Waals surface area contributed by atoms with Gasteiger partial charge in [-0.15, -0.1) is 0 Å². The Balaban J connectivity index is 1.27. The summed E-state index contributed by atoms with van der Waals surface area (Å²) in [5, 5.41) is 11.5. The Bertz CT molecular complexity index is 853. The van der Waals surface area contributed by atoms with Gasteiger partial charge in [0.1, 0.15) is 0 Å². The van der Waals surface area contributed by atoms with Crippen LogP contribution in [0, 0.1) is 0 Å². The Morgan fingerprint density at radius 3 is 3.00 bits per heavy atom. The molecule has 5 rings (SSSR count). The third-order valence-electron chi connectivity index (χ3n) is 5.08. The minimum atomic E-state index is 0.341. The lowest BCUT2D eigenvalue weighted by Crippen LogP contribution is -2.20. The topological polar surface area (TPSA) is 83.7 Å². The normalized spacial score (nSPS) is 21.0. The van der Waals surface area contributed by atoms with E-state index in [1.807, 2.05) is 18.5 Å². The molecule has 128 valence electrons. The molecule has 1 saturated heterocycles. The average molecular weight is 336 g/mol. The van der Waals surface area contributed by atoms with E-state index in [-0.39, 0.29) is 0 Å². The maximum atomic E-state index is 5.51. The predicted molar refractivity (Wildman–Crippen MR) is 90.7 cm³/mol. The molecule has 0 radical (unpaired) electrons. The summed E-state index contributed by atoms with van der Waals surface area (Å²) in [7, 11) is 0. The molecule has 2 aliphatic rings. The first-order valence-corrected chi connectivity index (χ1v) is 8.85. The van der Waals surface area contributed by atoms with E-state index in [4.69, 9.17) is 4.52 Å². The summed E-state index contributed by atoms with van der Waals surface area (Å²) in [6.07, 6.45) is 9.02. The van der Waals surface area contributed by atoms with Crippen LogP contribution in [0.4, 0.5) is 0 Å². The van der Waals surface area contributed by atoms with Crippen LogP contribution in [0.2, 0.25) is 0 Å². The number of H-pyrrole nitrogens is 1. The molecule has 3 aromatic rings. The molecule has 2 fully saturated rings. The van der Waals surface area contributed by atoms with E-state index in [1.165, 1.54) is 18.4 Å². The molecule has 7 heteroatoms. The number of likely N-dealkylation sites (tertiary alicyclic amines) is 1. The van der Waals surface area contributed by atoms with Crippen LogP contribution in [-0.4, -0.2) is 43.3 Å². The minimum absolute atomic E-state index is 0.341. The van der Waals surface area contributed by atoms with Crippen LogP contribution >= 0.6 is 0 Å². The van der Waals surface area contributed by atoms with Gasteiger partial charge in [0, 0.05) is 42.5 Å². The van der Waals surface area contributed by atoms with Crippen molar-refractivity contribution in [1.29, 1.82) is 0 Å². The van der Waals surface area contributed by atoms with E-state index in [1.54, 1.807) is 6.20 Å². The molecule has 0 aromatic carbocycles. The summed E-state index contributed by atoms with van der Waals surface area (Å²) < 4.78 is 5.51. The van der Waals surface area contributed by atoms with Crippen molar-refractivity contribution in [3.8, 4) is 11.3 Å². The summed E-state index contributed by atoms with van der Waals surface area (Å²) in [4.78, 5) is 11.2. The number of hydrogen-bond acceptors (Lipinski definition) is 6. The molecule has 7 nitrogen and oxygen atoms in total. The van der Waals surface area contributed by atoms with Gasteiger partial charge < -0.3 is 4.52 Å². The van der Waals surface area contributed by atoms with Crippen LogP contribution in [0.3, 0.4) is 0 Å². The highest BCUT2D eigenvalue weighted by Crippen LogP contribution is 2.39. The zero-order valence-electron chi connectivity index (χ0n) is 13.9. The fourth-order valence-electron chi connectivity index (χ4n) is 3.53. The largest absolute Gasteiger partial charge is 0.339 e. The van der Waals surface area contributed by atoms with Gasteiger partial charge in [0.15, 0.2) is 5.82 Å². The third-order valence-corrected chi connectivity index (χ3v) is 5.08. The Morgan fingerprint density at radius 1 is 1.20 bits per heavy atom. The van der Waals surface area contributed by atoms with Crippen molar-refractivity contribution >= 4 is 0 Å². The average Bonchev–Trinajstić information content (AvgIpc) is 3.05. The quantitative estimate of drug-likeness (QED) is 0.771. The van der Waals surface area contributed by atoms with Crippen LogP contribution < -0.4 is 0 Å². The molecule has 0 bridgehead atoms. The van der Waals surface area contributed by atoms with Crippen molar-refractivity contribution in [2.24, 2.45) is 0 Å². The number of aromatic amines is 1. The molecule has 1 saturated carbocycles. The van der Waals surface area contributed by atoms with Crippen molar-refractivity contribution in [3.63, 3.8) is 0 Å². The predicted octanol–water partition coefficient (Wildman–Crippen LogP) is 2.72. The second-order valence-corrected chi connectivity index (χ2v) is 7.00. The molecule has 1 aliphatic heterocycles. The highest BCUT2D eigenvalue weighted by Gasteiger charge is 2.33. The van der Waals surface area contributed by atoms with E-state index >= 15 is 0 Å². The lowest BCUT2D eigenvalue weighted by Gasteiger charge is -2.15. The Hall–Kier alpha value is -2.54. The Kier molecular flexibility index (Phi) is 3.59. The Morgan fingerprint density at radius 2 is 2.16 bits per heavy atom. The minimum Gasteiger partial charge on any atom is -0.339 e. The molecule has 1 N–H and O–H groups in total. The van der Waals surface area contributed by atoms with Gasteiger partial charge in [0.2, 0.25) is 5.89 Å². The van der Waals surface area contributed by atoms with Gasteiger partial charge in [0.25, 0.3) is 0 Å². The zero-order chi connectivity index (χ0) is 16.6. The first-order valence-electron chi connectivity index (χ1n) is 8.85. The van der Waals surface area contributed by atoms with E-state index in [0.29, 0.717) is 11.8 Å². The summed E-state index contributed by atoms with van der Waals surface area (Å²) in [6.45, 7) is 2.84. The smallest absolute Gasteiger partial charge is 0.231 e. The number of rotatable bonds is 5. The lowest BCUT2D eigenvalue weighted by atomic mass is 10.1. The van der Waals surface area contributed by atoms with Crippen molar-refractivity contribution in [2.75, 3.05) is 13.1 Å². The van der Waals surface area contributed by atoms with E-state index in [9.17, 15) is 0 Å². The second-order valence-electron chi connectivity index (χ2n) is 7.00. The van der Waals surface area contributed by atoms with Crippen LogP contribution in [0.5, 0.6) is 0 Å². The van der Waals surface area contributed by atoms with Gasteiger partial charge >= 0.3 is 0 Å². The second kappa shape index (κ2) is 6.07. The molecular formula is C18H20N6O. The summed E-state index contributed by atoms with van der Waals surface area (Å²) in [6, 6.07) is 3.99. The molecular weight excluding hydrogens is 316 g/mol. The maximum Gasteiger partial charge on any atom is 0.231 e. The molecule has 4 heterocycles. The van der Waals surface area contributed by atoms with Crippen LogP contribution in [0.15, 0.2) is 35.2 Å². The first-order chi connectivity index (χ1) is 12.4. The Labute approximate surface area is 145 Å². The fourth-order valence-corrected chi connectivity index (χ4v) is 3.53. The van der Waals surface area contributed by atoms with Crippen molar-refractivity contribution in [2.45, 2.75) is 37.6 Å². The molecule has 0 unspecified atom stereocenters. The van der Waals surface area contributed by atoms with Gasteiger partial charge in [-0.05, 0) is 37.9 Å². The van der Waals surface area contributed by atoms with Gasteiger partial charge in [-0.3, -0.25) is 15.0 Å². The van der Waals surface area contributed by atoms with Gasteiger partial charge in [0.05, 0.1) is 17.8 Å².